The number of benzene rings is 1. The Morgan fingerprint density at radius 3 is 2.80 bits per heavy atom. The molecule has 1 aliphatic rings. The second-order valence-electron chi connectivity index (χ2n) is 5.10. The second kappa shape index (κ2) is 7.41. The highest BCUT2D eigenvalue weighted by Gasteiger charge is 2.18. The van der Waals surface area contributed by atoms with Gasteiger partial charge < -0.3 is 10.6 Å². The molecule has 1 unspecified atom stereocenters. The first-order chi connectivity index (χ1) is 9.11. The van der Waals surface area contributed by atoms with Crippen molar-refractivity contribution >= 4 is 29.8 Å². The predicted molar refractivity (Wildman–Crippen MR) is 82.7 cm³/mol. The van der Waals surface area contributed by atoms with E-state index >= 15 is 0 Å². The van der Waals surface area contributed by atoms with Crippen LogP contribution in [0.15, 0.2) is 18.2 Å². The molecule has 2 rings (SSSR count). The van der Waals surface area contributed by atoms with Crippen LogP contribution in [0.1, 0.15) is 35.7 Å². The van der Waals surface area contributed by atoms with Crippen LogP contribution in [0.3, 0.4) is 0 Å². The number of hydrogen-bond donors (Lipinski definition) is 2. The van der Waals surface area contributed by atoms with Crippen molar-refractivity contribution in [3.05, 3.63) is 29.3 Å². The van der Waals surface area contributed by atoms with Crippen molar-refractivity contribution in [2.45, 2.75) is 26.2 Å². The van der Waals surface area contributed by atoms with Crippen LogP contribution in [-0.2, 0) is 11.2 Å². The van der Waals surface area contributed by atoms with E-state index in [-0.39, 0.29) is 30.0 Å². The van der Waals surface area contributed by atoms with Gasteiger partial charge in [0.2, 0.25) is 5.91 Å². The van der Waals surface area contributed by atoms with Gasteiger partial charge in [-0.2, -0.15) is 0 Å². The molecule has 0 spiro atoms. The van der Waals surface area contributed by atoms with Crippen LogP contribution in [0.25, 0.3) is 0 Å². The highest BCUT2D eigenvalue weighted by atomic mass is 35.5. The first kappa shape index (κ1) is 16.7. The minimum atomic E-state index is -0.100. The van der Waals surface area contributed by atoms with E-state index in [1.54, 1.807) is 6.07 Å². The highest BCUT2D eigenvalue weighted by molar-refractivity contribution is 6.00. The fraction of sp³-hybridized carbons (Fsp3) is 0.467. The van der Waals surface area contributed by atoms with Crippen LogP contribution in [0.4, 0.5) is 5.69 Å². The zero-order valence-electron chi connectivity index (χ0n) is 11.9. The van der Waals surface area contributed by atoms with Crippen molar-refractivity contribution in [1.82, 2.24) is 5.32 Å². The van der Waals surface area contributed by atoms with Gasteiger partial charge in [0.1, 0.15) is 0 Å². The van der Waals surface area contributed by atoms with Crippen molar-refractivity contribution in [1.29, 1.82) is 0 Å². The minimum Gasteiger partial charge on any atom is -0.326 e. The number of ketones is 1. The minimum absolute atomic E-state index is 0. The maximum atomic E-state index is 11.9. The zero-order valence-corrected chi connectivity index (χ0v) is 12.7. The normalized spacial score (nSPS) is 15.0. The van der Waals surface area contributed by atoms with Gasteiger partial charge >= 0.3 is 0 Å². The third-order valence-electron chi connectivity index (χ3n) is 3.49. The van der Waals surface area contributed by atoms with Crippen molar-refractivity contribution < 1.29 is 9.59 Å². The largest absolute Gasteiger partial charge is 0.326 e. The molecule has 0 aliphatic heterocycles. The summed E-state index contributed by atoms with van der Waals surface area (Å²) < 4.78 is 0. The molecule has 2 N–H and O–H groups in total. The van der Waals surface area contributed by atoms with Gasteiger partial charge in [-0.1, -0.05) is 13.0 Å². The SMILES string of the molecule is CNCC(C)C(=O)Nc1ccc2c(c1)C(=O)CCC2.Cl. The molecule has 4 nitrogen and oxygen atoms in total. The number of hydrogen-bond acceptors (Lipinski definition) is 3. The van der Waals surface area contributed by atoms with E-state index in [1.165, 1.54) is 0 Å². The molecule has 110 valence electrons. The summed E-state index contributed by atoms with van der Waals surface area (Å²) in [5.41, 5.74) is 2.57. The number of rotatable bonds is 4. The molecule has 1 aromatic carbocycles. The Hall–Kier alpha value is -1.39. The molecule has 1 aromatic rings. The van der Waals surface area contributed by atoms with E-state index < -0.39 is 0 Å². The van der Waals surface area contributed by atoms with Gasteiger partial charge in [0.25, 0.3) is 0 Å². The van der Waals surface area contributed by atoms with Crippen molar-refractivity contribution in [2.24, 2.45) is 5.92 Å². The van der Waals surface area contributed by atoms with E-state index in [2.05, 4.69) is 10.6 Å². The van der Waals surface area contributed by atoms with Gasteiger partial charge in [-0.25, -0.2) is 0 Å². The summed E-state index contributed by atoms with van der Waals surface area (Å²) in [5, 5.41) is 5.84. The average molecular weight is 297 g/mol. The molecular weight excluding hydrogens is 276 g/mol. The molecule has 0 bridgehead atoms. The van der Waals surface area contributed by atoms with Crippen LogP contribution in [0, 0.1) is 5.92 Å². The van der Waals surface area contributed by atoms with E-state index in [1.807, 2.05) is 26.1 Å². The maximum absolute atomic E-state index is 11.9. The lowest BCUT2D eigenvalue weighted by Gasteiger charge is -2.17. The number of carbonyl (C=O) groups is 2. The number of Topliss-reactive ketones (excluding diaryl/α,β-unsaturated/α-hetero) is 1. The fourth-order valence-corrected chi connectivity index (χ4v) is 2.37. The molecule has 0 saturated carbocycles. The molecule has 0 fully saturated rings. The summed E-state index contributed by atoms with van der Waals surface area (Å²) in [7, 11) is 1.82. The number of nitrogens with one attached hydrogen (secondary N) is 2. The van der Waals surface area contributed by atoms with Crippen LogP contribution in [0.5, 0.6) is 0 Å². The van der Waals surface area contributed by atoms with Gasteiger partial charge in [0.05, 0.1) is 0 Å². The second-order valence-corrected chi connectivity index (χ2v) is 5.10. The Bertz CT molecular complexity index is 503. The Morgan fingerprint density at radius 1 is 1.35 bits per heavy atom. The third-order valence-corrected chi connectivity index (χ3v) is 3.49. The molecule has 1 amide bonds. The standard InChI is InChI=1S/C15H20N2O2.ClH/c1-10(9-16-2)15(19)17-12-7-6-11-4-3-5-14(18)13(11)8-12;/h6-8,10,16H,3-5,9H2,1-2H3,(H,17,19);1H. The summed E-state index contributed by atoms with van der Waals surface area (Å²) in [4.78, 5) is 23.8. The summed E-state index contributed by atoms with van der Waals surface area (Å²) >= 11 is 0. The fourth-order valence-electron chi connectivity index (χ4n) is 2.37. The summed E-state index contributed by atoms with van der Waals surface area (Å²) in [6.45, 7) is 2.51. The Kier molecular flexibility index (Phi) is 6.17. The number of anilines is 1. The van der Waals surface area contributed by atoms with Crippen molar-refractivity contribution in [3.63, 3.8) is 0 Å². The summed E-state index contributed by atoms with van der Waals surface area (Å²) in [5.74, 6) is 0.0508. The average Bonchev–Trinajstić information content (AvgIpc) is 2.40. The molecule has 1 aliphatic carbocycles. The van der Waals surface area contributed by atoms with Crippen LogP contribution < -0.4 is 10.6 Å². The lowest BCUT2D eigenvalue weighted by molar-refractivity contribution is -0.119. The maximum Gasteiger partial charge on any atom is 0.228 e. The molecular formula is C15H21ClN2O2. The first-order valence-electron chi connectivity index (χ1n) is 6.73. The zero-order chi connectivity index (χ0) is 13.8. The van der Waals surface area contributed by atoms with E-state index in [0.29, 0.717) is 18.7 Å². The van der Waals surface area contributed by atoms with Crippen molar-refractivity contribution in [2.75, 3.05) is 18.9 Å². The predicted octanol–water partition coefficient (Wildman–Crippen LogP) is 2.42. The van der Waals surface area contributed by atoms with Gasteiger partial charge in [0, 0.05) is 30.1 Å². The number of fused-ring (bicyclic) bond motifs is 1. The monoisotopic (exact) mass is 296 g/mol. The van der Waals surface area contributed by atoms with E-state index in [0.717, 1.165) is 24.0 Å². The Morgan fingerprint density at radius 2 is 2.10 bits per heavy atom. The molecule has 5 heteroatoms. The quantitative estimate of drug-likeness (QED) is 0.897. The van der Waals surface area contributed by atoms with Gasteiger partial charge in [0.15, 0.2) is 5.78 Å². The highest BCUT2D eigenvalue weighted by Crippen LogP contribution is 2.24. The molecule has 0 radical (unpaired) electrons. The topological polar surface area (TPSA) is 58.2 Å². The lowest BCUT2D eigenvalue weighted by Crippen LogP contribution is -2.28. The number of amides is 1. The van der Waals surface area contributed by atoms with Gasteiger partial charge in [-0.3, -0.25) is 9.59 Å². The summed E-state index contributed by atoms with van der Waals surface area (Å²) in [6, 6.07) is 5.63. The summed E-state index contributed by atoms with van der Waals surface area (Å²) in [6.07, 6.45) is 2.49. The molecule has 1 atom stereocenters. The van der Waals surface area contributed by atoms with E-state index in [9.17, 15) is 9.59 Å². The van der Waals surface area contributed by atoms with Crippen LogP contribution in [0.2, 0.25) is 0 Å². The molecule has 0 heterocycles. The van der Waals surface area contributed by atoms with Crippen LogP contribution in [-0.4, -0.2) is 25.3 Å². The van der Waals surface area contributed by atoms with Gasteiger partial charge in [-0.05, 0) is 37.6 Å². The molecule has 0 aromatic heterocycles. The number of halogens is 1. The first-order valence-corrected chi connectivity index (χ1v) is 6.73. The van der Waals surface area contributed by atoms with Crippen molar-refractivity contribution in [3.8, 4) is 0 Å². The Balaban J connectivity index is 0.00000200. The Labute approximate surface area is 125 Å². The molecule has 20 heavy (non-hydrogen) atoms. The number of carbonyl (C=O) groups excluding carboxylic acids is 2. The van der Waals surface area contributed by atoms with Gasteiger partial charge in [-0.15, -0.1) is 12.4 Å². The number of aryl methyl sites for hydroxylation is 1. The molecule has 0 saturated heterocycles. The smallest absolute Gasteiger partial charge is 0.228 e. The van der Waals surface area contributed by atoms with E-state index in [4.69, 9.17) is 0 Å². The third kappa shape index (κ3) is 3.81. The lowest BCUT2D eigenvalue weighted by atomic mass is 9.90. The van der Waals surface area contributed by atoms with Crippen LogP contribution >= 0.6 is 12.4 Å².